The topological polar surface area (TPSA) is 60.9 Å². The molecule has 6 heteroatoms. The van der Waals surface area contributed by atoms with E-state index in [2.05, 4.69) is 0 Å². The van der Waals surface area contributed by atoms with Crippen molar-refractivity contribution in [2.45, 2.75) is 31.7 Å². The number of amides is 2. The monoisotopic (exact) mass is 294 g/mol. The van der Waals surface area contributed by atoms with E-state index < -0.39 is 12.0 Å². The molecule has 1 atom stereocenters. The molecule has 0 radical (unpaired) electrons. The maximum Gasteiger partial charge on any atom is 0.326 e. The lowest BCUT2D eigenvalue weighted by Crippen LogP contribution is -2.50. The van der Waals surface area contributed by atoms with Gasteiger partial charge in [0.05, 0.1) is 0 Å². The number of halogens is 1. The Kier molecular flexibility index (Phi) is 4.77. The largest absolute Gasteiger partial charge is 0.480 e. The molecule has 1 aliphatic heterocycles. The van der Waals surface area contributed by atoms with Crippen molar-refractivity contribution in [3.63, 3.8) is 0 Å². The summed E-state index contributed by atoms with van der Waals surface area (Å²) < 4.78 is 12.9. The minimum atomic E-state index is -0.974. The number of hydrogen-bond acceptors (Lipinski definition) is 2. The van der Waals surface area contributed by atoms with Gasteiger partial charge in [0.1, 0.15) is 11.9 Å². The summed E-state index contributed by atoms with van der Waals surface area (Å²) in [5.41, 5.74) is 0.537. The molecule has 1 aromatic carbocycles. The molecule has 0 saturated carbocycles. The van der Waals surface area contributed by atoms with E-state index in [1.165, 1.54) is 34.1 Å². The standard InChI is InChI=1S/C15H19FN2O3/c1-17(12-8-6-11(16)7-9-12)15(21)18-10-4-2-3-5-13(18)14(19)20/h6-9,13H,2-5,10H2,1H3,(H,19,20). The quantitative estimate of drug-likeness (QED) is 0.912. The van der Waals surface area contributed by atoms with Crippen molar-refractivity contribution in [1.82, 2.24) is 4.90 Å². The first-order chi connectivity index (χ1) is 10.0. The van der Waals surface area contributed by atoms with Crippen molar-refractivity contribution in [1.29, 1.82) is 0 Å². The number of carbonyl (C=O) groups is 2. The molecule has 0 aromatic heterocycles. The van der Waals surface area contributed by atoms with E-state index in [0.29, 0.717) is 18.7 Å². The fraction of sp³-hybridized carbons (Fsp3) is 0.467. The number of nitrogens with zero attached hydrogens (tertiary/aromatic N) is 2. The Labute approximate surface area is 123 Å². The maximum absolute atomic E-state index is 12.9. The predicted octanol–water partition coefficient (Wildman–Crippen LogP) is 2.71. The normalized spacial score (nSPS) is 19.0. The van der Waals surface area contributed by atoms with Crippen LogP contribution in [-0.2, 0) is 4.79 Å². The Bertz CT molecular complexity index is 518. The number of carboxylic acid groups (broad SMARTS) is 1. The van der Waals surface area contributed by atoms with Gasteiger partial charge in [0.15, 0.2) is 0 Å². The second-order valence-electron chi connectivity index (χ2n) is 5.21. The highest BCUT2D eigenvalue weighted by molar-refractivity contribution is 5.94. The number of urea groups is 1. The first-order valence-corrected chi connectivity index (χ1v) is 7.03. The minimum Gasteiger partial charge on any atom is -0.480 e. The lowest BCUT2D eigenvalue weighted by atomic mass is 10.1. The summed E-state index contributed by atoms with van der Waals surface area (Å²) in [5.74, 6) is -1.35. The van der Waals surface area contributed by atoms with Crippen LogP contribution in [0.3, 0.4) is 0 Å². The van der Waals surface area contributed by atoms with Crippen LogP contribution in [-0.4, -0.2) is 41.6 Å². The molecule has 2 rings (SSSR count). The van der Waals surface area contributed by atoms with Gasteiger partial charge in [-0.25, -0.2) is 14.0 Å². The summed E-state index contributed by atoms with van der Waals surface area (Å²) >= 11 is 0. The number of rotatable bonds is 2. The highest BCUT2D eigenvalue weighted by Gasteiger charge is 2.32. The smallest absolute Gasteiger partial charge is 0.326 e. The van der Waals surface area contributed by atoms with Crippen LogP contribution in [0.15, 0.2) is 24.3 Å². The summed E-state index contributed by atoms with van der Waals surface area (Å²) in [5, 5.41) is 9.31. The van der Waals surface area contributed by atoms with Gasteiger partial charge in [0.2, 0.25) is 0 Å². The minimum absolute atomic E-state index is 0.365. The molecule has 114 valence electrons. The van der Waals surface area contributed by atoms with Crippen molar-refractivity contribution in [2.75, 3.05) is 18.5 Å². The number of carbonyl (C=O) groups excluding carboxylic acids is 1. The third-order valence-corrected chi connectivity index (χ3v) is 3.78. The van der Waals surface area contributed by atoms with Crippen LogP contribution in [0.2, 0.25) is 0 Å². The van der Waals surface area contributed by atoms with E-state index in [9.17, 15) is 19.1 Å². The summed E-state index contributed by atoms with van der Waals surface area (Å²) in [4.78, 5) is 26.7. The lowest BCUT2D eigenvalue weighted by Gasteiger charge is -2.31. The van der Waals surface area contributed by atoms with Gasteiger partial charge >= 0.3 is 12.0 Å². The summed E-state index contributed by atoms with van der Waals surface area (Å²) in [6, 6.07) is 4.40. The average molecular weight is 294 g/mol. The fourth-order valence-corrected chi connectivity index (χ4v) is 2.56. The molecule has 1 fully saturated rings. The van der Waals surface area contributed by atoms with Gasteiger partial charge in [-0.15, -0.1) is 0 Å². The molecule has 1 unspecified atom stereocenters. The molecule has 1 aliphatic rings. The summed E-state index contributed by atoms with van der Waals surface area (Å²) in [6.07, 6.45) is 3.00. The number of aliphatic carboxylic acids is 1. The number of likely N-dealkylation sites (tertiary alicyclic amines) is 1. The number of anilines is 1. The Balaban J connectivity index is 2.19. The molecule has 1 N–H and O–H groups in total. The molecule has 1 aromatic rings. The Morgan fingerprint density at radius 2 is 1.90 bits per heavy atom. The molecule has 0 spiro atoms. The predicted molar refractivity (Wildman–Crippen MR) is 76.8 cm³/mol. The molecule has 1 saturated heterocycles. The van der Waals surface area contributed by atoms with E-state index in [0.717, 1.165) is 19.3 Å². The molecule has 1 heterocycles. The Morgan fingerprint density at radius 3 is 2.52 bits per heavy atom. The molecule has 0 aliphatic carbocycles. The van der Waals surface area contributed by atoms with Crippen molar-refractivity contribution >= 4 is 17.7 Å². The molecular weight excluding hydrogens is 275 g/mol. The molecule has 5 nitrogen and oxygen atoms in total. The molecule has 2 amide bonds. The first kappa shape index (κ1) is 15.3. The Hall–Kier alpha value is -2.11. The summed E-state index contributed by atoms with van der Waals surface area (Å²) in [7, 11) is 1.57. The van der Waals surface area contributed by atoms with Gasteiger partial charge in [-0.05, 0) is 37.1 Å². The van der Waals surface area contributed by atoms with E-state index in [1.54, 1.807) is 7.05 Å². The number of carboxylic acids is 1. The van der Waals surface area contributed by atoms with Crippen LogP contribution >= 0.6 is 0 Å². The van der Waals surface area contributed by atoms with Crippen LogP contribution in [0.1, 0.15) is 25.7 Å². The van der Waals surface area contributed by atoms with E-state index >= 15 is 0 Å². The second-order valence-corrected chi connectivity index (χ2v) is 5.21. The zero-order valence-corrected chi connectivity index (χ0v) is 12.0. The maximum atomic E-state index is 12.9. The van der Waals surface area contributed by atoms with Gasteiger partial charge in [0, 0.05) is 19.3 Å². The van der Waals surface area contributed by atoms with Crippen molar-refractivity contribution in [3.8, 4) is 0 Å². The second kappa shape index (κ2) is 6.56. The van der Waals surface area contributed by atoms with Crippen molar-refractivity contribution in [3.05, 3.63) is 30.1 Å². The van der Waals surface area contributed by atoms with E-state index in [1.807, 2.05) is 0 Å². The van der Waals surface area contributed by atoms with Crippen LogP contribution in [0.25, 0.3) is 0 Å². The molecule has 0 bridgehead atoms. The first-order valence-electron chi connectivity index (χ1n) is 7.03. The van der Waals surface area contributed by atoms with Crippen LogP contribution in [0, 0.1) is 5.82 Å². The SMILES string of the molecule is CN(C(=O)N1CCCCCC1C(=O)O)c1ccc(F)cc1. The molecule has 21 heavy (non-hydrogen) atoms. The van der Waals surface area contributed by atoms with Crippen molar-refractivity contribution in [2.24, 2.45) is 0 Å². The lowest BCUT2D eigenvalue weighted by molar-refractivity contribution is -0.142. The van der Waals surface area contributed by atoms with Gasteiger partial charge in [0.25, 0.3) is 0 Å². The van der Waals surface area contributed by atoms with Gasteiger partial charge < -0.3 is 10.0 Å². The van der Waals surface area contributed by atoms with Crippen LogP contribution in [0.4, 0.5) is 14.9 Å². The van der Waals surface area contributed by atoms with E-state index in [-0.39, 0.29) is 11.8 Å². The van der Waals surface area contributed by atoms with Gasteiger partial charge in [-0.3, -0.25) is 4.90 Å². The zero-order valence-electron chi connectivity index (χ0n) is 12.0. The van der Waals surface area contributed by atoms with Crippen LogP contribution in [0.5, 0.6) is 0 Å². The highest BCUT2D eigenvalue weighted by Crippen LogP contribution is 2.21. The number of hydrogen-bond donors (Lipinski definition) is 1. The zero-order chi connectivity index (χ0) is 15.4. The third-order valence-electron chi connectivity index (χ3n) is 3.78. The van der Waals surface area contributed by atoms with Gasteiger partial charge in [-0.2, -0.15) is 0 Å². The Morgan fingerprint density at radius 1 is 1.24 bits per heavy atom. The molecular formula is C15H19FN2O3. The highest BCUT2D eigenvalue weighted by atomic mass is 19.1. The summed E-state index contributed by atoms with van der Waals surface area (Å²) in [6.45, 7) is 0.432. The number of benzene rings is 1. The van der Waals surface area contributed by atoms with Crippen LogP contribution < -0.4 is 4.90 Å². The van der Waals surface area contributed by atoms with E-state index in [4.69, 9.17) is 0 Å². The van der Waals surface area contributed by atoms with Crippen molar-refractivity contribution < 1.29 is 19.1 Å². The average Bonchev–Trinajstić information content (AvgIpc) is 2.72. The van der Waals surface area contributed by atoms with Gasteiger partial charge in [-0.1, -0.05) is 12.8 Å². The fourth-order valence-electron chi connectivity index (χ4n) is 2.56. The third kappa shape index (κ3) is 3.51.